The third-order valence-corrected chi connectivity index (χ3v) is 5.16. The third kappa shape index (κ3) is 6.45. The second-order valence-corrected chi connectivity index (χ2v) is 7.82. The van der Waals surface area contributed by atoms with Gasteiger partial charge in [0.1, 0.15) is 0 Å². The average molecular weight is 360 g/mol. The van der Waals surface area contributed by atoms with Gasteiger partial charge in [0.15, 0.2) is 0 Å². The van der Waals surface area contributed by atoms with Crippen LogP contribution in [0.2, 0.25) is 0 Å². The predicted octanol–water partition coefficient (Wildman–Crippen LogP) is 2.64. The van der Waals surface area contributed by atoms with E-state index in [0.717, 1.165) is 38.8 Å². The highest BCUT2D eigenvalue weighted by molar-refractivity contribution is 5.75. The summed E-state index contributed by atoms with van der Waals surface area (Å²) >= 11 is 0. The zero-order valence-corrected chi connectivity index (χ0v) is 16.4. The lowest BCUT2D eigenvalue weighted by atomic mass is 9.94. The number of carbonyl (C=O) groups is 2. The number of hydrogen-bond acceptors (Lipinski definition) is 3. The molecule has 5 heteroatoms. The van der Waals surface area contributed by atoms with E-state index in [1.165, 1.54) is 18.1 Å². The molecule has 5 nitrogen and oxygen atoms in total. The van der Waals surface area contributed by atoms with Crippen LogP contribution in [0.4, 0.5) is 0 Å². The molecule has 144 valence electrons. The van der Waals surface area contributed by atoms with Gasteiger partial charge in [-0.3, -0.25) is 14.5 Å². The van der Waals surface area contributed by atoms with Crippen LogP contribution in [0.5, 0.6) is 0 Å². The van der Waals surface area contributed by atoms with Gasteiger partial charge in [-0.1, -0.05) is 30.7 Å². The molecule has 0 radical (unpaired) electrons. The SMILES string of the molecule is CC(=O)NCCCCCC(=O)NCC(C)(C)N1CCc2ccccc2C1. The lowest BCUT2D eigenvalue weighted by molar-refractivity contribution is -0.122. The Morgan fingerprint density at radius 2 is 1.81 bits per heavy atom. The summed E-state index contributed by atoms with van der Waals surface area (Å²) in [6.45, 7) is 9.27. The van der Waals surface area contributed by atoms with E-state index in [1.807, 2.05) is 0 Å². The van der Waals surface area contributed by atoms with Crippen molar-refractivity contribution in [2.45, 2.75) is 65.0 Å². The van der Waals surface area contributed by atoms with Crippen molar-refractivity contribution in [2.24, 2.45) is 0 Å². The number of amides is 2. The zero-order chi connectivity index (χ0) is 19.0. The van der Waals surface area contributed by atoms with Crippen LogP contribution < -0.4 is 10.6 Å². The molecular formula is C21H33N3O2. The molecule has 1 aliphatic heterocycles. The molecule has 2 rings (SSSR count). The quantitative estimate of drug-likeness (QED) is 0.666. The summed E-state index contributed by atoms with van der Waals surface area (Å²) in [5, 5.41) is 5.88. The van der Waals surface area contributed by atoms with E-state index >= 15 is 0 Å². The summed E-state index contributed by atoms with van der Waals surface area (Å²) in [7, 11) is 0. The molecule has 1 aliphatic rings. The van der Waals surface area contributed by atoms with Crippen LogP contribution in [0.15, 0.2) is 24.3 Å². The van der Waals surface area contributed by atoms with Gasteiger partial charge in [0.05, 0.1) is 0 Å². The van der Waals surface area contributed by atoms with Gasteiger partial charge in [-0.05, 0) is 44.2 Å². The van der Waals surface area contributed by atoms with Crippen molar-refractivity contribution in [1.29, 1.82) is 0 Å². The molecule has 2 amide bonds. The fourth-order valence-corrected chi connectivity index (χ4v) is 3.38. The Kier molecular flexibility index (Phi) is 7.64. The number of unbranched alkanes of at least 4 members (excludes halogenated alkanes) is 2. The Balaban J connectivity index is 1.67. The van der Waals surface area contributed by atoms with Crippen molar-refractivity contribution in [3.8, 4) is 0 Å². The molecule has 1 aromatic carbocycles. The lowest BCUT2D eigenvalue weighted by Crippen LogP contribution is -2.53. The molecule has 0 unspecified atom stereocenters. The normalized spacial score (nSPS) is 14.6. The van der Waals surface area contributed by atoms with Gasteiger partial charge in [0.2, 0.25) is 11.8 Å². The van der Waals surface area contributed by atoms with E-state index in [1.54, 1.807) is 0 Å². The van der Waals surface area contributed by atoms with Crippen molar-refractivity contribution in [3.63, 3.8) is 0 Å². The molecule has 2 N–H and O–H groups in total. The second-order valence-electron chi connectivity index (χ2n) is 7.82. The van der Waals surface area contributed by atoms with Crippen molar-refractivity contribution in [2.75, 3.05) is 19.6 Å². The van der Waals surface area contributed by atoms with Gasteiger partial charge in [-0.15, -0.1) is 0 Å². The number of hydrogen-bond donors (Lipinski definition) is 2. The van der Waals surface area contributed by atoms with Crippen LogP contribution in [0.25, 0.3) is 0 Å². The molecule has 0 atom stereocenters. The zero-order valence-electron chi connectivity index (χ0n) is 16.4. The Bertz CT molecular complexity index is 613. The largest absolute Gasteiger partial charge is 0.356 e. The molecular weight excluding hydrogens is 326 g/mol. The minimum absolute atomic E-state index is 0.00492. The van der Waals surface area contributed by atoms with E-state index < -0.39 is 0 Å². The van der Waals surface area contributed by atoms with Crippen molar-refractivity contribution in [1.82, 2.24) is 15.5 Å². The third-order valence-electron chi connectivity index (χ3n) is 5.16. The smallest absolute Gasteiger partial charge is 0.220 e. The molecule has 0 fully saturated rings. The number of nitrogens with zero attached hydrogens (tertiary/aromatic N) is 1. The van der Waals surface area contributed by atoms with E-state index in [0.29, 0.717) is 19.5 Å². The Labute approximate surface area is 157 Å². The molecule has 26 heavy (non-hydrogen) atoms. The van der Waals surface area contributed by atoms with Crippen LogP contribution in [-0.4, -0.2) is 41.9 Å². The maximum Gasteiger partial charge on any atom is 0.220 e. The molecule has 0 aromatic heterocycles. The Morgan fingerprint density at radius 3 is 2.54 bits per heavy atom. The molecule has 1 heterocycles. The highest BCUT2D eigenvalue weighted by Crippen LogP contribution is 2.24. The molecule has 0 saturated carbocycles. The van der Waals surface area contributed by atoms with E-state index in [-0.39, 0.29) is 17.4 Å². The highest BCUT2D eigenvalue weighted by Gasteiger charge is 2.29. The number of rotatable bonds is 9. The van der Waals surface area contributed by atoms with E-state index in [2.05, 4.69) is 53.6 Å². The van der Waals surface area contributed by atoms with Gasteiger partial charge in [-0.25, -0.2) is 0 Å². The van der Waals surface area contributed by atoms with Crippen molar-refractivity contribution in [3.05, 3.63) is 35.4 Å². The molecule has 0 aliphatic carbocycles. The molecule has 1 aromatic rings. The summed E-state index contributed by atoms with van der Waals surface area (Å²) in [4.78, 5) is 25.4. The fraction of sp³-hybridized carbons (Fsp3) is 0.619. The first-order valence-corrected chi connectivity index (χ1v) is 9.71. The second kappa shape index (κ2) is 9.72. The Morgan fingerprint density at radius 1 is 1.08 bits per heavy atom. The van der Waals surface area contributed by atoms with Gasteiger partial charge < -0.3 is 10.6 Å². The van der Waals surface area contributed by atoms with Crippen LogP contribution in [0.1, 0.15) is 57.6 Å². The monoisotopic (exact) mass is 359 g/mol. The predicted molar refractivity (Wildman–Crippen MR) is 105 cm³/mol. The molecule has 0 saturated heterocycles. The summed E-state index contributed by atoms with van der Waals surface area (Å²) in [5.74, 6) is 0.125. The first-order chi connectivity index (χ1) is 12.4. The standard InChI is InChI=1S/C21H33N3O2/c1-17(25)22-13-8-4-5-11-20(26)23-16-21(2,3)24-14-12-18-9-6-7-10-19(18)15-24/h6-7,9-10H,4-5,8,11-16H2,1-3H3,(H,22,25)(H,23,26). The van der Waals surface area contributed by atoms with E-state index in [9.17, 15) is 9.59 Å². The van der Waals surface area contributed by atoms with Crippen LogP contribution in [-0.2, 0) is 22.6 Å². The lowest BCUT2D eigenvalue weighted by Gasteiger charge is -2.41. The van der Waals surface area contributed by atoms with Gasteiger partial charge in [-0.2, -0.15) is 0 Å². The number of benzene rings is 1. The van der Waals surface area contributed by atoms with Crippen molar-refractivity contribution >= 4 is 11.8 Å². The number of fused-ring (bicyclic) bond motifs is 1. The maximum atomic E-state index is 12.1. The minimum atomic E-state index is -0.0609. The number of carbonyl (C=O) groups excluding carboxylic acids is 2. The van der Waals surface area contributed by atoms with Crippen LogP contribution in [0.3, 0.4) is 0 Å². The highest BCUT2D eigenvalue weighted by atomic mass is 16.2. The summed E-state index contributed by atoms with van der Waals surface area (Å²) in [6, 6.07) is 8.63. The van der Waals surface area contributed by atoms with Crippen LogP contribution in [0, 0.1) is 0 Å². The van der Waals surface area contributed by atoms with Gasteiger partial charge >= 0.3 is 0 Å². The molecule has 0 spiro atoms. The van der Waals surface area contributed by atoms with Gasteiger partial charge in [0, 0.05) is 45.1 Å². The topological polar surface area (TPSA) is 61.4 Å². The average Bonchev–Trinajstić information content (AvgIpc) is 2.62. The fourth-order valence-electron chi connectivity index (χ4n) is 3.38. The van der Waals surface area contributed by atoms with E-state index in [4.69, 9.17) is 0 Å². The maximum absolute atomic E-state index is 12.1. The summed E-state index contributed by atoms with van der Waals surface area (Å²) in [6.07, 6.45) is 4.37. The Hall–Kier alpha value is -1.88. The molecule has 0 bridgehead atoms. The van der Waals surface area contributed by atoms with Gasteiger partial charge in [0.25, 0.3) is 0 Å². The van der Waals surface area contributed by atoms with Crippen LogP contribution >= 0.6 is 0 Å². The first kappa shape index (κ1) is 20.4. The summed E-state index contributed by atoms with van der Waals surface area (Å²) in [5.41, 5.74) is 2.79. The number of nitrogens with one attached hydrogen (secondary N) is 2. The first-order valence-electron chi connectivity index (χ1n) is 9.71. The van der Waals surface area contributed by atoms with Crippen molar-refractivity contribution < 1.29 is 9.59 Å². The summed E-state index contributed by atoms with van der Waals surface area (Å²) < 4.78 is 0. The minimum Gasteiger partial charge on any atom is -0.356 e.